The Bertz CT molecular complexity index is 1160. The third kappa shape index (κ3) is 6.21. The van der Waals surface area contributed by atoms with Gasteiger partial charge in [-0.05, 0) is 61.6 Å². The average molecular weight is 536 g/mol. The third-order valence-electron chi connectivity index (χ3n) is 7.36. The summed E-state index contributed by atoms with van der Waals surface area (Å²) >= 11 is 0. The van der Waals surface area contributed by atoms with Crippen molar-refractivity contribution in [2.75, 3.05) is 33.9 Å². The number of hydrogen-bond donors (Lipinski definition) is 3. The van der Waals surface area contributed by atoms with E-state index in [1.807, 2.05) is 12.1 Å². The Morgan fingerprint density at radius 1 is 1.05 bits per heavy atom. The van der Waals surface area contributed by atoms with E-state index < -0.39 is 29.2 Å². The second kappa shape index (κ2) is 11.2. The summed E-state index contributed by atoms with van der Waals surface area (Å²) in [6.45, 7) is 0.993. The molecule has 1 aliphatic heterocycles. The molecule has 0 bridgehead atoms. The zero-order valence-corrected chi connectivity index (χ0v) is 21.3. The van der Waals surface area contributed by atoms with E-state index >= 15 is 0 Å². The first-order valence-corrected chi connectivity index (χ1v) is 12.5. The lowest BCUT2D eigenvalue weighted by atomic mass is 9.76. The number of methoxy groups -OCH3 is 2. The topological polar surface area (TPSA) is 100 Å². The molecule has 2 aromatic rings. The molecule has 1 heterocycles. The van der Waals surface area contributed by atoms with Crippen LogP contribution < -0.4 is 20.1 Å². The largest absolute Gasteiger partial charge is 0.493 e. The van der Waals surface area contributed by atoms with Crippen LogP contribution in [0.4, 0.5) is 13.2 Å². The van der Waals surface area contributed by atoms with E-state index in [0.717, 1.165) is 36.6 Å². The molecule has 1 saturated heterocycles. The molecule has 0 spiro atoms. The average Bonchev–Trinajstić information content (AvgIpc) is 2.89. The van der Waals surface area contributed by atoms with Crippen molar-refractivity contribution in [2.45, 2.75) is 49.5 Å². The number of nitrogens with zero attached hydrogens (tertiary/aromatic N) is 1. The van der Waals surface area contributed by atoms with E-state index in [0.29, 0.717) is 43.5 Å². The number of rotatable bonds is 8. The van der Waals surface area contributed by atoms with Crippen molar-refractivity contribution in [1.29, 1.82) is 0 Å². The van der Waals surface area contributed by atoms with Gasteiger partial charge in [-0.3, -0.25) is 14.5 Å². The molecule has 4 rings (SSSR count). The maximum Gasteiger partial charge on any atom is 0.416 e. The van der Waals surface area contributed by atoms with Gasteiger partial charge in [-0.25, -0.2) is 0 Å². The molecule has 0 radical (unpaired) electrons. The van der Waals surface area contributed by atoms with Crippen molar-refractivity contribution in [1.82, 2.24) is 15.5 Å². The second-order valence-electron chi connectivity index (χ2n) is 9.81. The number of halogens is 3. The molecule has 2 amide bonds. The van der Waals surface area contributed by atoms with Crippen molar-refractivity contribution in [3.8, 4) is 11.5 Å². The lowest BCUT2D eigenvalue weighted by Gasteiger charge is -2.48. The summed E-state index contributed by atoms with van der Waals surface area (Å²) in [6.07, 6.45) is -1.74. The van der Waals surface area contributed by atoms with Crippen LogP contribution in [0.1, 0.15) is 47.2 Å². The van der Waals surface area contributed by atoms with Crippen molar-refractivity contribution in [3.63, 3.8) is 0 Å². The van der Waals surface area contributed by atoms with Gasteiger partial charge in [0.05, 0.1) is 38.0 Å². The smallest absolute Gasteiger partial charge is 0.416 e. The van der Waals surface area contributed by atoms with E-state index in [-0.39, 0.29) is 18.2 Å². The first kappa shape index (κ1) is 27.7. The number of benzene rings is 2. The van der Waals surface area contributed by atoms with Crippen LogP contribution >= 0.6 is 0 Å². The maximum atomic E-state index is 12.8. The van der Waals surface area contributed by atoms with Gasteiger partial charge >= 0.3 is 6.18 Å². The number of ether oxygens (including phenoxy) is 2. The van der Waals surface area contributed by atoms with Crippen LogP contribution in [0, 0.1) is 0 Å². The Morgan fingerprint density at radius 2 is 1.74 bits per heavy atom. The van der Waals surface area contributed by atoms with E-state index in [1.165, 1.54) is 6.07 Å². The summed E-state index contributed by atoms with van der Waals surface area (Å²) in [5.41, 5.74) is -1.22. The van der Waals surface area contributed by atoms with Crippen LogP contribution in [-0.2, 0) is 16.6 Å². The van der Waals surface area contributed by atoms with Gasteiger partial charge in [0.1, 0.15) is 0 Å². The molecule has 0 aromatic heterocycles. The van der Waals surface area contributed by atoms with Gasteiger partial charge in [-0.2, -0.15) is 13.2 Å². The van der Waals surface area contributed by atoms with Gasteiger partial charge in [0, 0.05) is 24.7 Å². The normalized spacial score (nSPS) is 22.3. The van der Waals surface area contributed by atoms with Crippen LogP contribution in [0.3, 0.4) is 0 Å². The summed E-state index contributed by atoms with van der Waals surface area (Å²) < 4.78 is 49.2. The summed E-state index contributed by atoms with van der Waals surface area (Å²) in [4.78, 5) is 26.7. The summed E-state index contributed by atoms with van der Waals surface area (Å²) in [7, 11) is 3.13. The Labute approximate surface area is 219 Å². The van der Waals surface area contributed by atoms with E-state index in [1.54, 1.807) is 20.3 Å². The fourth-order valence-electron chi connectivity index (χ4n) is 5.14. The molecule has 8 nitrogen and oxygen atoms in total. The number of amides is 2. The number of likely N-dealkylation sites (tertiary alicyclic amines) is 1. The minimum atomic E-state index is -4.55. The first-order chi connectivity index (χ1) is 18.0. The number of aliphatic hydroxyl groups is 1. The fraction of sp³-hybridized carbons (Fsp3) is 0.481. The number of nitrogens with one attached hydrogen (secondary N) is 2. The molecule has 0 unspecified atom stereocenters. The zero-order chi connectivity index (χ0) is 27.5. The lowest BCUT2D eigenvalue weighted by Crippen LogP contribution is -2.63. The molecule has 11 heteroatoms. The van der Waals surface area contributed by atoms with Crippen molar-refractivity contribution in [2.24, 2.45) is 0 Å². The van der Waals surface area contributed by atoms with Crippen LogP contribution in [0.15, 0.2) is 42.5 Å². The third-order valence-corrected chi connectivity index (χ3v) is 7.36. The van der Waals surface area contributed by atoms with E-state index in [2.05, 4.69) is 15.5 Å². The summed E-state index contributed by atoms with van der Waals surface area (Å²) in [5, 5.41) is 16.5. The molecule has 38 heavy (non-hydrogen) atoms. The Hall–Kier alpha value is -3.31. The number of hydrogen-bond acceptors (Lipinski definition) is 6. The van der Waals surface area contributed by atoms with Gasteiger partial charge in [0.15, 0.2) is 11.5 Å². The van der Waals surface area contributed by atoms with Crippen molar-refractivity contribution < 1.29 is 37.3 Å². The molecule has 206 valence electrons. The fourth-order valence-corrected chi connectivity index (χ4v) is 5.14. The molecule has 2 aliphatic rings. The van der Waals surface area contributed by atoms with Gasteiger partial charge in [0.2, 0.25) is 5.91 Å². The zero-order valence-electron chi connectivity index (χ0n) is 21.3. The first-order valence-electron chi connectivity index (χ1n) is 12.5. The minimum Gasteiger partial charge on any atom is -0.493 e. The SMILES string of the molecule is COc1ccc(C2(O)CCC(N3CC(NC(=O)CNC(=O)c4cccc(C(F)(F)F)c4)C3)CC2)cc1OC. The second-order valence-corrected chi connectivity index (χ2v) is 9.81. The van der Waals surface area contributed by atoms with E-state index in [4.69, 9.17) is 9.47 Å². The molecule has 0 atom stereocenters. The van der Waals surface area contributed by atoms with Gasteiger partial charge in [-0.15, -0.1) is 0 Å². The lowest BCUT2D eigenvalue weighted by molar-refractivity contribution is -0.137. The quantitative estimate of drug-likeness (QED) is 0.481. The summed E-state index contributed by atoms with van der Waals surface area (Å²) in [6, 6.07) is 9.76. The maximum absolute atomic E-state index is 12.8. The Kier molecular flexibility index (Phi) is 8.17. The predicted molar refractivity (Wildman–Crippen MR) is 133 cm³/mol. The van der Waals surface area contributed by atoms with Gasteiger partial charge in [0.25, 0.3) is 5.91 Å². The van der Waals surface area contributed by atoms with Crippen molar-refractivity contribution >= 4 is 11.8 Å². The standard InChI is InChI=1S/C27H32F3N3O5/c1-37-22-7-6-18(13-23(22)38-2)26(36)10-8-21(9-11-26)33-15-20(16-33)32-24(34)14-31-25(35)17-4-3-5-19(12-17)27(28,29)30/h3-7,12-13,20-21,36H,8-11,14-16H2,1-2H3,(H,31,35)(H,32,34). The van der Waals surface area contributed by atoms with Gasteiger partial charge in [-0.1, -0.05) is 12.1 Å². The van der Waals surface area contributed by atoms with Gasteiger partial charge < -0.3 is 25.2 Å². The Morgan fingerprint density at radius 3 is 2.37 bits per heavy atom. The Balaban J connectivity index is 1.20. The van der Waals surface area contributed by atoms with Crippen LogP contribution in [0.2, 0.25) is 0 Å². The molecule has 3 N–H and O–H groups in total. The summed E-state index contributed by atoms with van der Waals surface area (Å²) in [5.74, 6) is 0.0393. The number of carbonyl (C=O) groups excluding carboxylic acids is 2. The molecule has 2 fully saturated rings. The van der Waals surface area contributed by atoms with Crippen LogP contribution in [0.25, 0.3) is 0 Å². The number of carbonyl (C=O) groups is 2. The van der Waals surface area contributed by atoms with Crippen LogP contribution in [0.5, 0.6) is 11.5 Å². The highest BCUT2D eigenvalue weighted by molar-refractivity contribution is 5.96. The van der Waals surface area contributed by atoms with Crippen molar-refractivity contribution in [3.05, 3.63) is 59.2 Å². The number of alkyl halides is 3. The minimum absolute atomic E-state index is 0.0698. The molecule has 1 saturated carbocycles. The molecule has 1 aliphatic carbocycles. The highest BCUT2D eigenvalue weighted by Crippen LogP contribution is 2.42. The monoisotopic (exact) mass is 535 g/mol. The van der Waals surface area contributed by atoms with E-state index in [9.17, 15) is 27.9 Å². The van der Waals surface area contributed by atoms with Crippen LogP contribution in [-0.4, -0.2) is 67.8 Å². The molecular weight excluding hydrogens is 503 g/mol. The highest BCUT2D eigenvalue weighted by atomic mass is 19.4. The molecule has 2 aromatic carbocycles. The predicted octanol–water partition coefficient (Wildman–Crippen LogP) is 3.08. The highest BCUT2D eigenvalue weighted by Gasteiger charge is 2.40. The molecular formula is C27H32F3N3O5.